The molecule has 5 heteroatoms. The Morgan fingerprint density at radius 3 is 1.81 bits per heavy atom. The Bertz CT molecular complexity index is 582. The van der Waals surface area contributed by atoms with Crippen LogP contribution in [0.15, 0.2) is 48.5 Å². The van der Waals surface area contributed by atoms with Crippen LogP contribution in [0.25, 0.3) is 0 Å². The van der Waals surface area contributed by atoms with Gasteiger partial charge in [0.15, 0.2) is 0 Å². The lowest BCUT2D eigenvalue weighted by Gasteiger charge is -2.07. The fraction of sp³-hybridized carbons (Fsp3) is 0.188. The van der Waals surface area contributed by atoms with E-state index in [1.807, 2.05) is 0 Å². The molecule has 21 heavy (non-hydrogen) atoms. The highest BCUT2D eigenvalue weighted by molar-refractivity contribution is 5.77. The zero-order valence-corrected chi connectivity index (χ0v) is 11.4. The molecule has 0 bridgehead atoms. The van der Waals surface area contributed by atoms with E-state index in [0.717, 1.165) is 11.1 Å². The molecule has 0 aliphatic carbocycles. The molecule has 0 aliphatic heterocycles. The van der Waals surface area contributed by atoms with E-state index in [1.165, 1.54) is 24.3 Å². The molecular formula is C16H16F2N2O. The molecule has 2 aromatic rings. The van der Waals surface area contributed by atoms with Crippen LogP contribution in [0.4, 0.5) is 8.78 Å². The van der Waals surface area contributed by atoms with Crippen molar-refractivity contribution in [3.63, 3.8) is 0 Å². The van der Waals surface area contributed by atoms with Gasteiger partial charge in [-0.15, -0.1) is 0 Å². The van der Waals surface area contributed by atoms with E-state index < -0.39 is 0 Å². The number of amides is 1. The summed E-state index contributed by atoms with van der Waals surface area (Å²) in [4.78, 5) is 11.6. The molecule has 0 spiro atoms. The van der Waals surface area contributed by atoms with E-state index in [4.69, 9.17) is 0 Å². The number of carbonyl (C=O) groups is 1. The minimum atomic E-state index is -0.300. The van der Waals surface area contributed by atoms with Crippen molar-refractivity contribution in [2.75, 3.05) is 6.54 Å². The molecule has 1 amide bonds. The van der Waals surface area contributed by atoms with E-state index in [0.29, 0.717) is 13.1 Å². The molecule has 0 aromatic heterocycles. The van der Waals surface area contributed by atoms with Crippen LogP contribution < -0.4 is 10.6 Å². The summed E-state index contributed by atoms with van der Waals surface area (Å²) in [5, 5.41) is 5.70. The van der Waals surface area contributed by atoms with Crippen molar-refractivity contribution in [3.05, 3.63) is 71.3 Å². The first-order valence-electron chi connectivity index (χ1n) is 6.60. The highest BCUT2D eigenvalue weighted by Crippen LogP contribution is 2.02. The van der Waals surface area contributed by atoms with Crippen LogP contribution in [0.2, 0.25) is 0 Å². The van der Waals surface area contributed by atoms with Gasteiger partial charge in [-0.25, -0.2) is 8.78 Å². The van der Waals surface area contributed by atoms with Gasteiger partial charge in [-0.1, -0.05) is 24.3 Å². The second-order valence-corrected chi connectivity index (χ2v) is 4.63. The molecule has 2 aromatic carbocycles. The summed E-state index contributed by atoms with van der Waals surface area (Å²) < 4.78 is 25.4. The summed E-state index contributed by atoms with van der Waals surface area (Å²) in [7, 11) is 0. The van der Waals surface area contributed by atoms with E-state index in [9.17, 15) is 13.6 Å². The Balaban J connectivity index is 1.67. The van der Waals surface area contributed by atoms with E-state index >= 15 is 0 Å². The predicted octanol–water partition coefficient (Wildman–Crippen LogP) is 2.37. The number of rotatable bonds is 6. The number of nitrogens with one attached hydrogen (secondary N) is 2. The van der Waals surface area contributed by atoms with Crippen LogP contribution in [-0.2, 0) is 17.9 Å². The van der Waals surface area contributed by atoms with Crippen molar-refractivity contribution in [1.29, 1.82) is 0 Å². The molecule has 0 saturated carbocycles. The quantitative estimate of drug-likeness (QED) is 0.857. The van der Waals surface area contributed by atoms with Crippen molar-refractivity contribution in [3.8, 4) is 0 Å². The SMILES string of the molecule is O=C(CNCc1ccc(F)cc1)NCc1ccc(F)cc1. The lowest BCUT2D eigenvalue weighted by Crippen LogP contribution is -2.33. The summed E-state index contributed by atoms with van der Waals surface area (Å²) >= 11 is 0. The minimum Gasteiger partial charge on any atom is -0.351 e. The van der Waals surface area contributed by atoms with Gasteiger partial charge < -0.3 is 10.6 Å². The molecule has 2 N–H and O–H groups in total. The van der Waals surface area contributed by atoms with Gasteiger partial charge >= 0.3 is 0 Å². The second-order valence-electron chi connectivity index (χ2n) is 4.63. The maximum absolute atomic E-state index is 12.7. The number of halogens is 2. The first-order valence-corrected chi connectivity index (χ1v) is 6.60. The van der Waals surface area contributed by atoms with Crippen LogP contribution in [0, 0.1) is 11.6 Å². The summed E-state index contributed by atoms with van der Waals surface area (Å²) in [6.07, 6.45) is 0. The third-order valence-electron chi connectivity index (χ3n) is 2.93. The highest BCUT2D eigenvalue weighted by atomic mass is 19.1. The Hall–Kier alpha value is -2.27. The third kappa shape index (κ3) is 5.31. The molecule has 0 fully saturated rings. The lowest BCUT2D eigenvalue weighted by molar-refractivity contribution is -0.120. The monoisotopic (exact) mass is 290 g/mol. The van der Waals surface area contributed by atoms with E-state index in [-0.39, 0.29) is 24.1 Å². The fourth-order valence-corrected chi connectivity index (χ4v) is 1.79. The molecule has 0 aliphatic rings. The van der Waals surface area contributed by atoms with Crippen LogP contribution >= 0.6 is 0 Å². The lowest BCUT2D eigenvalue weighted by atomic mass is 10.2. The van der Waals surface area contributed by atoms with Crippen molar-refractivity contribution >= 4 is 5.91 Å². The first-order chi connectivity index (χ1) is 10.1. The summed E-state index contributed by atoms with van der Waals surface area (Å²) in [5.74, 6) is -0.733. The third-order valence-corrected chi connectivity index (χ3v) is 2.93. The highest BCUT2D eigenvalue weighted by Gasteiger charge is 2.01. The maximum atomic E-state index is 12.7. The van der Waals surface area contributed by atoms with Crippen molar-refractivity contribution < 1.29 is 13.6 Å². The Morgan fingerprint density at radius 2 is 1.29 bits per heavy atom. The number of benzene rings is 2. The summed E-state index contributed by atoms with van der Waals surface area (Å²) in [6, 6.07) is 12.1. The molecule has 0 atom stereocenters. The van der Waals surface area contributed by atoms with Gasteiger partial charge in [-0.05, 0) is 35.4 Å². The predicted molar refractivity (Wildman–Crippen MR) is 76.4 cm³/mol. The molecule has 0 saturated heterocycles. The van der Waals surface area contributed by atoms with Gasteiger partial charge in [0, 0.05) is 13.1 Å². The van der Waals surface area contributed by atoms with Crippen LogP contribution in [-0.4, -0.2) is 12.5 Å². The summed E-state index contributed by atoms with van der Waals surface area (Å²) in [6.45, 7) is 1.01. The number of carbonyl (C=O) groups excluding carboxylic acids is 1. The van der Waals surface area contributed by atoms with Gasteiger partial charge in [0.1, 0.15) is 11.6 Å². The molecule has 0 radical (unpaired) electrons. The van der Waals surface area contributed by atoms with E-state index in [1.54, 1.807) is 24.3 Å². The Kier molecular flexibility index (Phi) is 5.40. The van der Waals surface area contributed by atoms with Crippen molar-refractivity contribution in [2.45, 2.75) is 13.1 Å². The molecular weight excluding hydrogens is 274 g/mol. The average Bonchev–Trinajstić information content (AvgIpc) is 2.49. The number of hydrogen-bond acceptors (Lipinski definition) is 2. The minimum absolute atomic E-state index is 0.151. The molecule has 0 heterocycles. The molecule has 110 valence electrons. The van der Waals surface area contributed by atoms with E-state index in [2.05, 4.69) is 10.6 Å². The van der Waals surface area contributed by atoms with Crippen LogP contribution in [0.5, 0.6) is 0 Å². The zero-order chi connectivity index (χ0) is 15.1. The van der Waals surface area contributed by atoms with Crippen molar-refractivity contribution in [2.24, 2.45) is 0 Å². The second kappa shape index (κ2) is 7.50. The van der Waals surface area contributed by atoms with Crippen LogP contribution in [0.3, 0.4) is 0 Å². The van der Waals surface area contributed by atoms with Gasteiger partial charge in [0.2, 0.25) is 5.91 Å². The van der Waals surface area contributed by atoms with Crippen LogP contribution in [0.1, 0.15) is 11.1 Å². The van der Waals surface area contributed by atoms with Gasteiger partial charge in [0.25, 0.3) is 0 Å². The number of hydrogen-bond donors (Lipinski definition) is 2. The molecule has 2 rings (SSSR count). The largest absolute Gasteiger partial charge is 0.351 e. The van der Waals surface area contributed by atoms with Gasteiger partial charge in [-0.3, -0.25) is 4.79 Å². The molecule has 0 unspecified atom stereocenters. The first kappa shape index (κ1) is 15.1. The average molecular weight is 290 g/mol. The maximum Gasteiger partial charge on any atom is 0.234 e. The standard InChI is InChI=1S/C16H16F2N2O/c17-14-5-1-12(2-6-14)9-19-11-16(21)20-10-13-3-7-15(18)8-4-13/h1-8,19H,9-11H2,(H,20,21). The van der Waals surface area contributed by atoms with Gasteiger partial charge in [0.05, 0.1) is 6.54 Å². The topological polar surface area (TPSA) is 41.1 Å². The smallest absolute Gasteiger partial charge is 0.234 e. The Labute approximate surface area is 122 Å². The van der Waals surface area contributed by atoms with Crippen molar-refractivity contribution in [1.82, 2.24) is 10.6 Å². The zero-order valence-electron chi connectivity index (χ0n) is 11.4. The Morgan fingerprint density at radius 1 is 0.810 bits per heavy atom. The fourth-order valence-electron chi connectivity index (χ4n) is 1.79. The summed E-state index contributed by atoms with van der Waals surface area (Å²) in [5.41, 5.74) is 1.74. The normalized spacial score (nSPS) is 10.4. The molecule has 3 nitrogen and oxygen atoms in total. The van der Waals surface area contributed by atoms with Gasteiger partial charge in [-0.2, -0.15) is 0 Å².